The van der Waals surface area contributed by atoms with Crippen LogP contribution in [0.2, 0.25) is 0 Å². The van der Waals surface area contributed by atoms with E-state index in [0.717, 1.165) is 5.69 Å². The van der Waals surface area contributed by atoms with E-state index in [1.54, 1.807) is 0 Å². The molecule has 1 aromatic rings. The van der Waals surface area contributed by atoms with Crippen molar-refractivity contribution in [2.24, 2.45) is 5.92 Å². The van der Waals surface area contributed by atoms with Crippen molar-refractivity contribution >= 4 is 11.6 Å². The highest BCUT2D eigenvalue weighted by atomic mass is 16.2. The summed E-state index contributed by atoms with van der Waals surface area (Å²) >= 11 is 0. The zero-order valence-corrected chi connectivity index (χ0v) is 11.5. The predicted octanol–water partition coefficient (Wildman–Crippen LogP) is 2.03. The van der Waals surface area contributed by atoms with Crippen molar-refractivity contribution in [1.82, 2.24) is 15.5 Å². The van der Waals surface area contributed by atoms with E-state index in [0.29, 0.717) is 17.3 Å². The number of nitrogen functional groups attached to an aromatic ring is 1. The van der Waals surface area contributed by atoms with Gasteiger partial charge in [0.1, 0.15) is 0 Å². The third-order valence-electron chi connectivity index (χ3n) is 3.66. The molecule has 0 atom stereocenters. The molecule has 0 radical (unpaired) electrons. The van der Waals surface area contributed by atoms with Gasteiger partial charge in [-0.15, -0.1) is 0 Å². The van der Waals surface area contributed by atoms with E-state index in [9.17, 15) is 4.79 Å². The summed E-state index contributed by atoms with van der Waals surface area (Å²) in [5.74, 6) is 0.620. The van der Waals surface area contributed by atoms with Gasteiger partial charge in [-0.1, -0.05) is 13.8 Å². The number of H-pyrrole nitrogens is 1. The summed E-state index contributed by atoms with van der Waals surface area (Å²) in [6, 6.07) is 0. The fourth-order valence-corrected chi connectivity index (χ4v) is 2.24. The number of nitrogens with zero attached hydrogens (tertiary/aromatic N) is 1. The number of nitrogens with two attached hydrogens (primary N) is 1. The van der Waals surface area contributed by atoms with Crippen LogP contribution in [0.4, 0.5) is 5.69 Å². The Kier molecular flexibility index (Phi) is 3.09. The molecule has 5 heteroatoms. The zero-order chi connectivity index (χ0) is 13.5. The molecule has 0 saturated heterocycles. The maximum Gasteiger partial charge on any atom is 0.274 e. The summed E-state index contributed by atoms with van der Waals surface area (Å²) in [4.78, 5) is 12.2. The summed E-state index contributed by atoms with van der Waals surface area (Å²) in [7, 11) is 0. The molecule has 2 rings (SSSR count). The fraction of sp³-hybridized carbons (Fsp3) is 0.692. The summed E-state index contributed by atoms with van der Waals surface area (Å²) in [5.41, 5.74) is 7.38. The topological polar surface area (TPSA) is 83.8 Å². The normalized spacial score (nSPS) is 16.1. The van der Waals surface area contributed by atoms with Gasteiger partial charge < -0.3 is 11.1 Å². The van der Waals surface area contributed by atoms with Crippen LogP contribution in [0, 0.1) is 5.92 Å². The van der Waals surface area contributed by atoms with Crippen LogP contribution in [-0.4, -0.2) is 21.6 Å². The standard InChI is InChI=1S/C13H22N4O/c1-7(2)10-9(14)11(17-16-10)12(18)15-13(3,4)8-5-6-8/h7-8H,5-6,14H2,1-4H3,(H,15,18)(H,16,17). The molecule has 18 heavy (non-hydrogen) atoms. The van der Waals surface area contributed by atoms with Crippen molar-refractivity contribution in [1.29, 1.82) is 0 Å². The Morgan fingerprint density at radius 2 is 2.11 bits per heavy atom. The van der Waals surface area contributed by atoms with Gasteiger partial charge >= 0.3 is 0 Å². The Balaban J connectivity index is 2.14. The molecule has 1 aliphatic rings. The van der Waals surface area contributed by atoms with Crippen LogP contribution in [0.15, 0.2) is 0 Å². The van der Waals surface area contributed by atoms with Crippen LogP contribution in [0.3, 0.4) is 0 Å². The maximum absolute atomic E-state index is 12.2. The molecule has 1 aromatic heterocycles. The van der Waals surface area contributed by atoms with E-state index in [-0.39, 0.29) is 17.4 Å². The number of hydrogen-bond donors (Lipinski definition) is 3. The average molecular weight is 250 g/mol. The van der Waals surface area contributed by atoms with E-state index >= 15 is 0 Å². The number of carbonyl (C=O) groups excluding carboxylic acids is 1. The lowest BCUT2D eigenvalue weighted by Gasteiger charge is -2.25. The molecular formula is C13H22N4O. The van der Waals surface area contributed by atoms with E-state index in [1.807, 2.05) is 13.8 Å². The fourth-order valence-electron chi connectivity index (χ4n) is 2.24. The highest BCUT2D eigenvalue weighted by Gasteiger charge is 2.39. The second-order valence-corrected chi connectivity index (χ2v) is 6.00. The van der Waals surface area contributed by atoms with Gasteiger partial charge in [0.25, 0.3) is 5.91 Å². The summed E-state index contributed by atoms with van der Waals surface area (Å²) in [6.07, 6.45) is 2.36. The maximum atomic E-state index is 12.2. The van der Waals surface area contributed by atoms with Crippen molar-refractivity contribution < 1.29 is 4.79 Å². The van der Waals surface area contributed by atoms with Gasteiger partial charge in [-0.2, -0.15) is 5.10 Å². The Bertz CT molecular complexity index is 458. The molecule has 1 fully saturated rings. The zero-order valence-electron chi connectivity index (χ0n) is 11.5. The summed E-state index contributed by atoms with van der Waals surface area (Å²) < 4.78 is 0. The van der Waals surface area contributed by atoms with Crippen LogP contribution < -0.4 is 11.1 Å². The highest BCUT2D eigenvalue weighted by Crippen LogP contribution is 2.39. The van der Waals surface area contributed by atoms with Crippen molar-refractivity contribution in [3.05, 3.63) is 11.4 Å². The molecule has 1 amide bonds. The van der Waals surface area contributed by atoms with Crippen LogP contribution in [0.25, 0.3) is 0 Å². The van der Waals surface area contributed by atoms with E-state index in [1.165, 1.54) is 12.8 Å². The van der Waals surface area contributed by atoms with Gasteiger partial charge in [-0.25, -0.2) is 0 Å². The average Bonchev–Trinajstić information content (AvgIpc) is 3.01. The van der Waals surface area contributed by atoms with Gasteiger partial charge in [0.2, 0.25) is 0 Å². The molecule has 0 bridgehead atoms. The third-order valence-corrected chi connectivity index (χ3v) is 3.66. The van der Waals surface area contributed by atoms with Gasteiger partial charge in [-0.05, 0) is 38.5 Å². The molecule has 4 N–H and O–H groups in total. The molecule has 1 saturated carbocycles. The quantitative estimate of drug-likeness (QED) is 0.764. The number of carbonyl (C=O) groups is 1. The first-order valence-electron chi connectivity index (χ1n) is 6.49. The van der Waals surface area contributed by atoms with Gasteiger partial charge in [0, 0.05) is 5.54 Å². The second-order valence-electron chi connectivity index (χ2n) is 6.00. The Morgan fingerprint density at radius 1 is 1.50 bits per heavy atom. The lowest BCUT2D eigenvalue weighted by atomic mass is 9.98. The first kappa shape index (κ1) is 12.9. The van der Waals surface area contributed by atoms with E-state index in [4.69, 9.17) is 5.73 Å². The number of aromatic amines is 1. The van der Waals surface area contributed by atoms with Gasteiger partial charge in [0.05, 0.1) is 11.4 Å². The first-order valence-corrected chi connectivity index (χ1v) is 6.49. The van der Waals surface area contributed by atoms with Gasteiger partial charge in [-0.3, -0.25) is 9.89 Å². The summed E-state index contributed by atoms with van der Waals surface area (Å²) in [5, 5.41) is 9.91. The Hall–Kier alpha value is -1.52. The van der Waals surface area contributed by atoms with Crippen LogP contribution in [0.5, 0.6) is 0 Å². The molecule has 100 valence electrons. The molecule has 0 aromatic carbocycles. The molecule has 0 unspecified atom stereocenters. The number of rotatable bonds is 4. The smallest absolute Gasteiger partial charge is 0.274 e. The van der Waals surface area contributed by atoms with E-state index in [2.05, 4.69) is 29.4 Å². The lowest BCUT2D eigenvalue weighted by molar-refractivity contribution is 0.0899. The number of nitrogens with one attached hydrogen (secondary N) is 2. The number of aromatic nitrogens is 2. The minimum atomic E-state index is -0.187. The summed E-state index contributed by atoms with van der Waals surface area (Å²) in [6.45, 7) is 8.13. The molecule has 0 aliphatic heterocycles. The first-order chi connectivity index (χ1) is 8.33. The highest BCUT2D eigenvalue weighted by molar-refractivity contribution is 5.98. The number of hydrogen-bond acceptors (Lipinski definition) is 3. The van der Waals surface area contributed by atoms with Crippen LogP contribution in [0.1, 0.15) is 62.6 Å². The molecular weight excluding hydrogens is 228 g/mol. The largest absolute Gasteiger partial charge is 0.395 e. The molecule has 0 spiro atoms. The minimum absolute atomic E-state index is 0.180. The SMILES string of the molecule is CC(C)c1[nH]nc(C(=O)NC(C)(C)C2CC2)c1N. The van der Waals surface area contributed by atoms with Crippen molar-refractivity contribution in [2.45, 2.75) is 52.0 Å². The lowest BCUT2D eigenvalue weighted by Crippen LogP contribution is -2.45. The minimum Gasteiger partial charge on any atom is -0.395 e. The van der Waals surface area contributed by atoms with Crippen LogP contribution >= 0.6 is 0 Å². The Labute approximate surface area is 108 Å². The number of anilines is 1. The number of amides is 1. The van der Waals surface area contributed by atoms with Crippen molar-refractivity contribution in [3.8, 4) is 0 Å². The predicted molar refractivity (Wildman–Crippen MR) is 71.4 cm³/mol. The Morgan fingerprint density at radius 3 is 2.56 bits per heavy atom. The third kappa shape index (κ3) is 2.35. The molecule has 5 nitrogen and oxygen atoms in total. The van der Waals surface area contributed by atoms with E-state index < -0.39 is 0 Å². The van der Waals surface area contributed by atoms with Crippen molar-refractivity contribution in [3.63, 3.8) is 0 Å². The van der Waals surface area contributed by atoms with Crippen molar-refractivity contribution in [2.75, 3.05) is 5.73 Å². The van der Waals surface area contributed by atoms with Crippen LogP contribution in [-0.2, 0) is 0 Å². The van der Waals surface area contributed by atoms with Gasteiger partial charge in [0.15, 0.2) is 5.69 Å². The molecule has 1 heterocycles. The second kappa shape index (κ2) is 4.30. The molecule has 1 aliphatic carbocycles. The monoisotopic (exact) mass is 250 g/mol.